The van der Waals surface area contributed by atoms with Gasteiger partial charge in [0.1, 0.15) is 10.6 Å². The fourth-order valence-corrected chi connectivity index (χ4v) is 3.11. The van der Waals surface area contributed by atoms with Crippen molar-refractivity contribution < 1.29 is 4.74 Å². The zero-order valence-corrected chi connectivity index (χ0v) is 10.5. The number of hydrogen-bond acceptors (Lipinski definition) is 3. The van der Waals surface area contributed by atoms with E-state index in [1.54, 1.807) is 18.4 Å². The summed E-state index contributed by atoms with van der Waals surface area (Å²) in [5.41, 5.74) is 1.11. The number of alkyl halides is 1. The molecule has 1 saturated carbocycles. The van der Waals surface area contributed by atoms with Gasteiger partial charge in [0.2, 0.25) is 0 Å². The topological polar surface area (TPSA) is 22.1 Å². The van der Waals surface area contributed by atoms with Crippen molar-refractivity contribution in [1.82, 2.24) is 4.98 Å². The molecule has 0 aliphatic heterocycles. The van der Waals surface area contributed by atoms with Crippen LogP contribution in [-0.2, 0) is 16.8 Å². The molecule has 1 aromatic heterocycles. The van der Waals surface area contributed by atoms with Crippen molar-refractivity contribution in [3.05, 3.63) is 16.1 Å². The molecular formula is C11H16ClNOS. The number of rotatable bonds is 5. The summed E-state index contributed by atoms with van der Waals surface area (Å²) in [6.07, 6.45) is 5.48. The Balaban J connectivity index is 2.05. The molecule has 0 atom stereocenters. The summed E-state index contributed by atoms with van der Waals surface area (Å²) in [7, 11) is 1.79. The van der Waals surface area contributed by atoms with E-state index in [1.165, 1.54) is 12.1 Å². The maximum atomic E-state index is 5.66. The minimum atomic E-state index is -0.0517. The molecular weight excluding hydrogens is 230 g/mol. The van der Waals surface area contributed by atoms with Gasteiger partial charge in [-0.1, -0.05) is 0 Å². The van der Waals surface area contributed by atoms with Gasteiger partial charge in [-0.3, -0.25) is 0 Å². The van der Waals surface area contributed by atoms with Gasteiger partial charge in [-0.05, 0) is 32.1 Å². The fraction of sp³-hybridized carbons (Fsp3) is 0.727. The maximum Gasteiger partial charge on any atom is 0.125 e. The second kappa shape index (κ2) is 4.81. The lowest BCUT2D eigenvalue weighted by Gasteiger charge is -2.38. The summed E-state index contributed by atoms with van der Waals surface area (Å²) in [6.45, 7) is 0. The highest BCUT2D eigenvalue weighted by Gasteiger charge is 2.41. The zero-order valence-electron chi connectivity index (χ0n) is 8.96. The van der Waals surface area contributed by atoms with Crippen LogP contribution in [0.4, 0.5) is 0 Å². The average molecular weight is 246 g/mol. The van der Waals surface area contributed by atoms with Crippen molar-refractivity contribution in [2.75, 3.05) is 13.0 Å². The van der Waals surface area contributed by atoms with Gasteiger partial charge in [0.25, 0.3) is 0 Å². The normalized spacial score (nSPS) is 18.8. The standard InChI is InChI=1S/C11H16ClNOS/c1-14-11(5-3-6-11)10-13-9(8-15-10)4-2-7-12/h8H,2-7H2,1H3. The van der Waals surface area contributed by atoms with Gasteiger partial charge in [-0.25, -0.2) is 4.98 Å². The molecule has 15 heavy (non-hydrogen) atoms. The monoisotopic (exact) mass is 245 g/mol. The molecule has 1 heterocycles. The molecule has 0 saturated heterocycles. The lowest BCUT2D eigenvalue weighted by Crippen LogP contribution is -2.35. The third-order valence-corrected chi connectivity index (χ3v) is 4.40. The van der Waals surface area contributed by atoms with Crippen LogP contribution in [0.1, 0.15) is 36.4 Å². The summed E-state index contributed by atoms with van der Waals surface area (Å²) in [5.74, 6) is 0.711. The number of nitrogens with zero attached hydrogens (tertiary/aromatic N) is 1. The lowest BCUT2D eigenvalue weighted by atomic mass is 9.80. The van der Waals surface area contributed by atoms with Crippen molar-refractivity contribution in [2.45, 2.75) is 37.7 Å². The Morgan fingerprint density at radius 3 is 2.93 bits per heavy atom. The van der Waals surface area contributed by atoms with Crippen LogP contribution < -0.4 is 0 Å². The predicted molar refractivity (Wildman–Crippen MR) is 63.7 cm³/mol. The zero-order chi connectivity index (χ0) is 10.7. The second-order valence-corrected chi connectivity index (χ2v) is 5.22. The van der Waals surface area contributed by atoms with E-state index in [-0.39, 0.29) is 5.60 Å². The molecule has 1 aliphatic rings. The van der Waals surface area contributed by atoms with Crippen molar-refractivity contribution in [3.8, 4) is 0 Å². The number of ether oxygens (including phenoxy) is 1. The van der Waals surface area contributed by atoms with Gasteiger partial charge in [-0.15, -0.1) is 22.9 Å². The molecule has 1 aliphatic carbocycles. The number of methoxy groups -OCH3 is 1. The molecule has 0 radical (unpaired) electrons. The van der Waals surface area contributed by atoms with Crippen molar-refractivity contribution in [1.29, 1.82) is 0 Å². The molecule has 0 aromatic carbocycles. The van der Waals surface area contributed by atoms with E-state index in [2.05, 4.69) is 10.4 Å². The molecule has 0 unspecified atom stereocenters. The SMILES string of the molecule is COC1(c2nc(CCCCl)cs2)CCC1. The number of halogens is 1. The Morgan fingerprint density at radius 2 is 2.40 bits per heavy atom. The largest absolute Gasteiger partial charge is 0.371 e. The van der Waals surface area contributed by atoms with Gasteiger partial charge >= 0.3 is 0 Å². The average Bonchev–Trinajstić information content (AvgIpc) is 2.63. The van der Waals surface area contributed by atoms with E-state index in [0.717, 1.165) is 30.7 Å². The molecule has 1 fully saturated rings. The molecule has 0 amide bonds. The molecule has 0 spiro atoms. The molecule has 84 valence electrons. The highest BCUT2D eigenvalue weighted by molar-refractivity contribution is 7.09. The van der Waals surface area contributed by atoms with Gasteiger partial charge in [0.05, 0.1) is 5.69 Å². The van der Waals surface area contributed by atoms with Gasteiger partial charge in [0, 0.05) is 18.4 Å². The molecule has 0 bridgehead atoms. The minimum absolute atomic E-state index is 0.0517. The number of aromatic nitrogens is 1. The van der Waals surface area contributed by atoms with Gasteiger partial charge < -0.3 is 4.74 Å². The van der Waals surface area contributed by atoms with Crippen LogP contribution in [0.15, 0.2) is 5.38 Å². The lowest BCUT2D eigenvalue weighted by molar-refractivity contribution is -0.0780. The predicted octanol–water partition coefficient (Wildman–Crippen LogP) is 3.34. The van der Waals surface area contributed by atoms with Gasteiger partial charge in [-0.2, -0.15) is 0 Å². The van der Waals surface area contributed by atoms with Crippen LogP contribution in [0.3, 0.4) is 0 Å². The van der Waals surface area contributed by atoms with Crippen LogP contribution in [-0.4, -0.2) is 18.0 Å². The van der Waals surface area contributed by atoms with Crippen LogP contribution in [0.2, 0.25) is 0 Å². The summed E-state index contributed by atoms with van der Waals surface area (Å²) < 4.78 is 5.60. The summed E-state index contributed by atoms with van der Waals surface area (Å²) in [4.78, 5) is 4.65. The molecule has 1 aromatic rings. The Labute approximate surface area is 99.6 Å². The van der Waals surface area contributed by atoms with Crippen LogP contribution in [0.25, 0.3) is 0 Å². The van der Waals surface area contributed by atoms with E-state index in [1.807, 2.05) is 0 Å². The summed E-state index contributed by atoms with van der Waals surface area (Å²) >= 11 is 7.39. The van der Waals surface area contributed by atoms with Crippen molar-refractivity contribution >= 4 is 22.9 Å². The molecule has 0 N–H and O–H groups in total. The quantitative estimate of drug-likeness (QED) is 0.743. The number of hydrogen-bond donors (Lipinski definition) is 0. The Morgan fingerprint density at radius 1 is 1.60 bits per heavy atom. The van der Waals surface area contributed by atoms with Crippen LogP contribution >= 0.6 is 22.9 Å². The fourth-order valence-electron chi connectivity index (χ4n) is 1.88. The summed E-state index contributed by atoms with van der Waals surface area (Å²) in [5, 5.41) is 3.29. The van der Waals surface area contributed by atoms with Crippen LogP contribution in [0, 0.1) is 0 Å². The highest BCUT2D eigenvalue weighted by Crippen LogP contribution is 2.45. The van der Waals surface area contributed by atoms with E-state index >= 15 is 0 Å². The Kier molecular flexibility index (Phi) is 3.65. The van der Waals surface area contributed by atoms with Crippen molar-refractivity contribution in [3.63, 3.8) is 0 Å². The molecule has 2 rings (SSSR count). The van der Waals surface area contributed by atoms with E-state index in [4.69, 9.17) is 16.3 Å². The minimum Gasteiger partial charge on any atom is -0.371 e. The summed E-state index contributed by atoms with van der Waals surface area (Å²) in [6, 6.07) is 0. The highest BCUT2D eigenvalue weighted by atomic mass is 35.5. The maximum absolute atomic E-state index is 5.66. The first kappa shape index (κ1) is 11.4. The first-order valence-corrected chi connectivity index (χ1v) is 6.78. The van der Waals surface area contributed by atoms with Crippen LogP contribution in [0.5, 0.6) is 0 Å². The Bertz CT molecular complexity index is 317. The molecule has 4 heteroatoms. The second-order valence-electron chi connectivity index (χ2n) is 3.99. The molecule has 2 nitrogen and oxygen atoms in total. The number of aryl methyl sites for hydroxylation is 1. The third-order valence-electron chi connectivity index (χ3n) is 3.06. The van der Waals surface area contributed by atoms with E-state index in [0.29, 0.717) is 5.88 Å². The smallest absolute Gasteiger partial charge is 0.125 e. The number of thiazole rings is 1. The van der Waals surface area contributed by atoms with Crippen molar-refractivity contribution in [2.24, 2.45) is 0 Å². The Hall–Kier alpha value is -0.120. The first-order chi connectivity index (χ1) is 7.30. The van der Waals surface area contributed by atoms with E-state index < -0.39 is 0 Å². The van der Waals surface area contributed by atoms with Gasteiger partial charge in [0.15, 0.2) is 0 Å². The third kappa shape index (κ3) is 2.19. The first-order valence-electron chi connectivity index (χ1n) is 5.37. The van der Waals surface area contributed by atoms with E-state index in [9.17, 15) is 0 Å².